The summed E-state index contributed by atoms with van der Waals surface area (Å²) in [5.74, 6) is -1.58. The van der Waals surface area contributed by atoms with E-state index < -0.39 is 12.1 Å². The minimum Gasteiger partial charge on any atom is -0.198 e. The van der Waals surface area contributed by atoms with E-state index in [9.17, 15) is 13.2 Å². The van der Waals surface area contributed by atoms with Crippen LogP contribution in [0.2, 0.25) is 0 Å². The van der Waals surface area contributed by atoms with Gasteiger partial charge in [-0.2, -0.15) is 18.4 Å². The van der Waals surface area contributed by atoms with Gasteiger partial charge in [0.2, 0.25) is 0 Å². The first-order valence-electron chi connectivity index (χ1n) is 4.03. The molecule has 0 heterocycles. The molecule has 1 nitrogen and oxygen atoms in total. The van der Waals surface area contributed by atoms with E-state index >= 15 is 0 Å². The topological polar surface area (TPSA) is 23.8 Å². The maximum absolute atomic E-state index is 12.3. The monoisotopic (exact) mass is 199 g/mol. The first-order valence-corrected chi connectivity index (χ1v) is 4.03. The molecule has 14 heavy (non-hydrogen) atoms. The summed E-state index contributed by atoms with van der Waals surface area (Å²) in [6, 6.07) is 1.82. The van der Waals surface area contributed by atoms with Crippen molar-refractivity contribution in [3.8, 4) is 6.07 Å². The van der Waals surface area contributed by atoms with Gasteiger partial charge in [0.05, 0.1) is 18.4 Å². The Balaban J connectivity index is 2.90. The summed E-state index contributed by atoms with van der Waals surface area (Å²) in [5, 5.41) is 8.37. The molecule has 0 N–H and O–H groups in total. The highest BCUT2D eigenvalue weighted by molar-refractivity contribution is 5.30. The molecule has 1 aliphatic rings. The summed E-state index contributed by atoms with van der Waals surface area (Å²) in [4.78, 5) is 0. The van der Waals surface area contributed by atoms with Crippen LogP contribution in [0, 0.1) is 17.2 Å². The molecule has 0 aromatic heterocycles. The lowest BCUT2D eigenvalue weighted by Gasteiger charge is -2.12. The van der Waals surface area contributed by atoms with Crippen molar-refractivity contribution in [1.82, 2.24) is 0 Å². The van der Waals surface area contributed by atoms with Gasteiger partial charge in [0.1, 0.15) is 0 Å². The number of hydrogen-bond acceptors (Lipinski definition) is 1. The molecule has 1 aliphatic carbocycles. The second-order valence-electron chi connectivity index (χ2n) is 2.89. The van der Waals surface area contributed by atoms with Crippen LogP contribution < -0.4 is 0 Å². The predicted molar refractivity (Wildman–Crippen MR) is 46.1 cm³/mol. The van der Waals surface area contributed by atoms with E-state index in [-0.39, 0.29) is 6.42 Å². The van der Waals surface area contributed by atoms with Gasteiger partial charge in [-0.1, -0.05) is 30.4 Å². The van der Waals surface area contributed by atoms with E-state index in [1.165, 1.54) is 18.2 Å². The molecule has 4 heteroatoms. The van der Waals surface area contributed by atoms with Crippen LogP contribution >= 0.6 is 0 Å². The van der Waals surface area contributed by atoms with Crippen molar-refractivity contribution in [2.45, 2.75) is 12.6 Å². The summed E-state index contributed by atoms with van der Waals surface area (Å²) in [6.07, 6.45) is 2.25. The van der Waals surface area contributed by atoms with Crippen molar-refractivity contribution in [3.63, 3.8) is 0 Å². The van der Waals surface area contributed by atoms with Gasteiger partial charge in [-0.25, -0.2) is 0 Å². The number of nitrogens with zero attached hydrogens (tertiary/aromatic N) is 1. The summed E-state index contributed by atoms with van der Waals surface area (Å²) < 4.78 is 37.0. The largest absolute Gasteiger partial charge is 0.398 e. The Kier molecular flexibility index (Phi) is 3.13. The number of hydrogen-bond donors (Lipinski definition) is 0. The quantitative estimate of drug-likeness (QED) is 0.636. The molecule has 0 radical (unpaired) electrons. The standard InChI is InChI=1S/C10H8F3N/c11-10(12,13)9-4-2-1-3-8(7-9)5-6-14/h1-4,7,9H,5H2. The normalized spacial score (nSPS) is 21.3. The summed E-state index contributed by atoms with van der Waals surface area (Å²) in [6.45, 7) is 0. The highest BCUT2D eigenvalue weighted by atomic mass is 19.4. The number of allylic oxidation sites excluding steroid dienone is 6. The third-order valence-electron chi connectivity index (χ3n) is 1.79. The minimum absolute atomic E-state index is 0.00472. The van der Waals surface area contributed by atoms with Crippen LogP contribution in [0.4, 0.5) is 13.2 Å². The van der Waals surface area contributed by atoms with Crippen LogP contribution in [0.25, 0.3) is 0 Å². The van der Waals surface area contributed by atoms with Crippen molar-refractivity contribution in [2.75, 3.05) is 0 Å². The molecule has 0 spiro atoms. The molecule has 1 rings (SSSR count). The van der Waals surface area contributed by atoms with E-state index in [0.29, 0.717) is 5.57 Å². The number of rotatable bonds is 1. The molecular weight excluding hydrogens is 191 g/mol. The van der Waals surface area contributed by atoms with Crippen LogP contribution in [-0.2, 0) is 0 Å². The van der Waals surface area contributed by atoms with Gasteiger partial charge in [0.25, 0.3) is 0 Å². The number of nitriles is 1. The molecular formula is C10H8F3N. The Labute approximate surface area is 79.8 Å². The third-order valence-corrected chi connectivity index (χ3v) is 1.79. The molecule has 1 unspecified atom stereocenters. The number of halogens is 3. The first kappa shape index (κ1) is 10.6. The second-order valence-corrected chi connectivity index (χ2v) is 2.89. The summed E-state index contributed by atoms with van der Waals surface area (Å²) >= 11 is 0. The van der Waals surface area contributed by atoms with Gasteiger partial charge in [-0.15, -0.1) is 0 Å². The Morgan fingerprint density at radius 1 is 1.36 bits per heavy atom. The van der Waals surface area contributed by atoms with Gasteiger partial charge in [0, 0.05) is 0 Å². The molecule has 0 aliphatic heterocycles. The molecule has 1 atom stereocenters. The van der Waals surface area contributed by atoms with Gasteiger partial charge in [-0.3, -0.25) is 0 Å². The fraction of sp³-hybridized carbons (Fsp3) is 0.300. The molecule has 0 fully saturated rings. The van der Waals surface area contributed by atoms with Crippen LogP contribution in [0.1, 0.15) is 6.42 Å². The fourth-order valence-corrected chi connectivity index (χ4v) is 1.12. The van der Waals surface area contributed by atoms with E-state index in [0.717, 1.165) is 12.2 Å². The zero-order valence-electron chi connectivity index (χ0n) is 7.25. The predicted octanol–water partition coefficient (Wildman–Crippen LogP) is 3.13. The van der Waals surface area contributed by atoms with E-state index in [1.54, 1.807) is 0 Å². The Bertz CT molecular complexity index is 328. The molecule has 0 amide bonds. The van der Waals surface area contributed by atoms with Crippen molar-refractivity contribution in [3.05, 3.63) is 36.0 Å². The van der Waals surface area contributed by atoms with Gasteiger partial charge >= 0.3 is 6.18 Å². The summed E-state index contributed by atoms with van der Waals surface area (Å²) in [5.41, 5.74) is 0.403. The Morgan fingerprint density at radius 2 is 2.07 bits per heavy atom. The SMILES string of the molecule is N#CCC1=CC(C(F)(F)F)C=CC=C1. The molecule has 0 aromatic carbocycles. The summed E-state index contributed by atoms with van der Waals surface area (Å²) in [7, 11) is 0. The highest BCUT2D eigenvalue weighted by Gasteiger charge is 2.36. The lowest BCUT2D eigenvalue weighted by Crippen LogP contribution is -2.18. The van der Waals surface area contributed by atoms with Crippen LogP contribution in [-0.4, -0.2) is 6.18 Å². The van der Waals surface area contributed by atoms with E-state index in [2.05, 4.69) is 0 Å². The van der Waals surface area contributed by atoms with Gasteiger partial charge in [0.15, 0.2) is 0 Å². The number of alkyl halides is 3. The van der Waals surface area contributed by atoms with Gasteiger partial charge < -0.3 is 0 Å². The molecule has 0 bridgehead atoms. The average molecular weight is 199 g/mol. The molecule has 0 aromatic rings. The van der Waals surface area contributed by atoms with Crippen molar-refractivity contribution in [2.24, 2.45) is 5.92 Å². The molecule has 74 valence electrons. The Morgan fingerprint density at radius 3 is 2.64 bits per heavy atom. The zero-order chi connectivity index (χ0) is 10.6. The first-order chi connectivity index (χ1) is 6.54. The van der Waals surface area contributed by atoms with E-state index in [1.807, 2.05) is 6.07 Å². The molecule has 0 saturated carbocycles. The Hall–Kier alpha value is -1.50. The van der Waals surface area contributed by atoms with E-state index in [4.69, 9.17) is 5.26 Å². The molecule has 0 saturated heterocycles. The zero-order valence-corrected chi connectivity index (χ0v) is 7.25. The van der Waals surface area contributed by atoms with Gasteiger partial charge in [-0.05, 0) is 5.57 Å². The van der Waals surface area contributed by atoms with Crippen molar-refractivity contribution >= 4 is 0 Å². The fourth-order valence-electron chi connectivity index (χ4n) is 1.12. The third kappa shape index (κ3) is 2.77. The lowest BCUT2D eigenvalue weighted by atomic mass is 10.0. The van der Waals surface area contributed by atoms with Crippen LogP contribution in [0.3, 0.4) is 0 Å². The average Bonchev–Trinajstić information content (AvgIpc) is 2.29. The maximum Gasteiger partial charge on any atom is 0.398 e. The highest BCUT2D eigenvalue weighted by Crippen LogP contribution is 2.30. The second kappa shape index (κ2) is 4.14. The maximum atomic E-state index is 12.3. The van der Waals surface area contributed by atoms with Crippen molar-refractivity contribution < 1.29 is 13.2 Å². The minimum atomic E-state index is -4.27. The van der Waals surface area contributed by atoms with Crippen LogP contribution in [0.15, 0.2) is 36.0 Å². The van der Waals surface area contributed by atoms with Crippen molar-refractivity contribution in [1.29, 1.82) is 5.26 Å². The van der Waals surface area contributed by atoms with Crippen LogP contribution in [0.5, 0.6) is 0 Å². The smallest absolute Gasteiger partial charge is 0.198 e. The lowest BCUT2D eigenvalue weighted by molar-refractivity contribution is -0.148.